The number of rotatable bonds is 2. The smallest absolute Gasteiger partial charge is 0.228 e. The van der Waals surface area contributed by atoms with Gasteiger partial charge in [-0.15, -0.1) is 0 Å². The van der Waals surface area contributed by atoms with Gasteiger partial charge in [0.1, 0.15) is 9.21 Å². The second-order valence-corrected chi connectivity index (χ2v) is 6.01. The molecular formula is C11H14Br2N4O. The van der Waals surface area contributed by atoms with Crippen LogP contribution in [0, 0.1) is 5.92 Å². The normalized spacial score (nSPS) is 23.7. The second kappa shape index (κ2) is 6.08. The molecule has 1 amide bonds. The molecule has 0 aromatic carbocycles. The summed E-state index contributed by atoms with van der Waals surface area (Å²) in [6.07, 6.45) is 5.19. The Balaban J connectivity index is 2.02. The Morgan fingerprint density at radius 2 is 2.22 bits per heavy atom. The van der Waals surface area contributed by atoms with Crippen LogP contribution in [0.25, 0.3) is 0 Å². The SMILES string of the molecule is NC1CCCC(C(=O)Nc2ncc(Br)nc2Br)C1. The fourth-order valence-electron chi connectivity index (χ4n) is 2.12. The number of amides is 1. The zero-order valence-electron chi connectivity index (χ0n) is 9.70. The Bertz CT molecular complexity index is 455. The molecule has 0 aliphatic heterocycles. The van der Waals surface area contributed by atoms with Crippen molar-refractivity contribution in [3.63, 3.8) is 0 Å². The highest BCUT2D eigenvalue weighted by Gasteiger charge is 2.26. The standard InChI is InChI=1S/C11H14Br2N4O/c12-8-5-15-10(9(13)16-8)17-11(18)6-2-1-3-7(14)4-6/h5-7H,1-4,14H2,(H,15,17,18). The molecule has 0 radical (unpaired) electrons. The molecule has 5 nitrogen and oxygen atoms in total. The third kappa shape index (κ3) is 3.49. The first kappa shape index (κ1) is 13.9. The lowest BCUT2D eigenvalue weighted by atomic mass is 9.85. The van der Waals surface area contributed by atoms with Gasteiger partial charge in [0.05, 0.1) is 6.20 Å². The summed E-state index contributed by atoms with van der Waals surface area (Å²) in [4.78, 5) is 20.3. The van der Waals surface area contributed by atoms with Crippen LogP contribution in [0.5, 0.6) is 0 Å². The van der Waals surface area contributed by atoms with Crippen LogP contribution in [0.1, 0.15) is 25.7 Å². The van der Waals surface area contributed by atoms with E-state index < -0.39 is 0 Å². The lowest BCUT2D eigenvalue weighted by molar-refractivity contribution is -0.120. The molecule has 2 atom stereocenters. The molecule has 18 heavy (non-hydrogen) atoms. The fraction of sp³-hybridized carbons (Fsp3) is 0.545. The number of nitrogens with one attached hydrogen (secondary N) is 1. The van der Waals surface area contributed by atoms with Crippen LogP contribution in [0.3, 0.4) is 0 Å². The molecule has 1 aromatic heterocycles. The number of anilines is 1. The minimum Gasteiger partial charge on any atom is -0.328 e. The molecule has 1 heterocycles. The van der Waals surface area contributed by atoms with Crippen LogP contribution >= 0.6 is 31.9 Å². The van der Waals surface area contributed by atoms with Crippen molar-refractivity contribution in [3.8, 4) is 0 Å². The summed E-state index contributed by atoms with van der Waals surface area (Å²) >= 11 is 6.48. The lowest BCUT2D eigenvalue weighted by Crippen LogP contribution is -2.34. The van der Waals surface area contributed by atoms with E-state index >= 15 is 0 Å². The van der Waals surface area contributed by atoms with Crippen LogP contribution < -0.4 is 11.1 Å². The molecule has 1 fully saturated rings. The molecule has 2 unspecified atom stereocenters. The van der Waals surface area contributed by atoms with E-state index in [1.165, 1.54) is 0 Å². The molecule has 1 saturated carbocycles. The molecular weight excluding hydrogens is 364 g/mol. The maximum Gasteiger partial charge on any atom is 0.228 e. The van der Waals surface area contributed by atoms with E-state index in [0.29, 0.717) is 15.0 Å². The Kier molecular flexibility index (Phi) is 4.69. The van der Waals surface area contributed by atoms with Crippen LogP contribution in [-0.4, -0.2) is 21.9 Å². The largest absolute Gasteiger partial charge is 0.328 e. The maximum absolute atomic E-state index is 12.1. The molecule has 1 aromatic rings. The number of carbonyl (C=O) groups excluding carboxylic acids is 1. The third-order valence-electron chi connectivity index (χ3n) is 3.03. The molecule has 98 valence electrons. The van der Waals surface area contributed by atoms with Crippen molar-refractivity contribution >= 4 is 43.6 Å². The molecule has 2 rings (SSSR count). The summed E-state index contributed by atoms with van der Waals surface area (Å²) in [6, 6.07) is 0.133. The number of hydrogen-bond acceptors (Lipinski definition) is 4. The average molecular weight is 378 g/mol. The van der Waals surface area contributed by atoms with E-state index in [-0.39, 0.29) is 17.9 Å². The third-order valence-corrected chi connectivity index (χ3v) is 3.96. The number of nitrogens with zero attached hydrogens (tertiary/aromatic N) is 2. The van der Waals surface area contributed by atoms with E-state index in [9.17, 15) is 4.79 Å². The molecule has 0 bridgehead atoms. The molecule has 3 N–H and O–H groups in total. The number of hydrogen-bond donors (Lipinski definition) is 2. The van der Waals surface area contributed by atoms with Gasteiger partial charge in [-0.25, -0.2) is 9.97 Å². The van der Waals surface area contributed by atoms with Gasteiger partial charge in [-0.3, -0.25) is 4.79 Å². The predicted molar refractivity (Wildman–Crippen MR) is 76.0 cm³/mol. The van der Waals surface area contributed by atoms with Crippen molar-refractivity contribution in [3.05, 3.63) is 15.4 Å². The van der Waals surface area contributed by atoms with E-state index in [4.69, 9.17) is 5.73 Å². The predicted octanol–water partition coefficient (Wildman–Crippen LogP) is 2.46. The average Bonchev–Trinajstić information content (AvgIpc) is 2.32. The van der Waals surface area contributed by atoms with Crippen LogP contribution in [0.2, 0.25) is 0 Å². The van der Waals surface area contributed by atoms with Gasteiger partial charge in [0.2, 0.25) is 5.91 Å². The number of carbonyl (C=O) groups is 1. The highest BCUT2D eigenvalue weighted by molar-refractivity contribution is 9.11. The van der Waals surface area contributed by atoms with Gasteiger partial charge >= 0.3 is 0 Å². The highest BCUT2D eigenvalue weighted by atomic mass is 79.9. The molecule has 0 saturated heterocycles. The minimum absolute atomic E-state index is 0.0221. The second-order valence-electron chi connectivity index (χ2n) is 4.45. The fourth-order valence-corrected chi connectivity index (χ4v) is 3.03. The summed E-state index contributed by atoms with van der Waals surface area (Å²) < 4.78 is 1.14. The zero-order valence-corrected chi connectivity index (χ0v) is 12.9. The first-order valence-corrected chi connectivity index (χ1v) is 7.39. The van der Waals surface area contributed by atoms with Crippen LogP contribution in [-0.2, 0) is 4.79 Å². The Hall–Kier alpha value is -0.530. The van der Waals surface area contributed by atoms with Crippen molar-refractivity contribution < 1.29 is 4.79 Å². The van der Waals surface area contributed by atoms with Gasteiger partial charge in [0.25, 0.3) is 0 Å². The number of aromatic nitrogens is 2. The topological polar surface area (TPSA) is 80.9 Å². The van der Waals surface area contributed by atoms with Crippen molar-refractivity contribution in [2.24, 2.45) is 11.7 Å². The maximum atomic E-state index is 12.1. The van der Waals surface area contributed by atoms with Gasteiger partial charge in [0.15, 0.2) is 5.82 Å². The highest BCUT2D eigenvalue weighted by Crippen LogP contribution is 2.26. The van der Waals surface area contributed by atoms with E-state index in [1.54, 1.807) is 6.20 Å². The van der Waals surface area contributed by atoms with Crippen LogP contribution in [0.15, 0.2) is 15.4 Å². The first-order chi connectivity index (χ1) is 8.56. The van der Waals surface area contributed by atoms with Crippen LogP contribution in [0.4, 0.5) is 5.82 Å². The summed E-state index contributed by atoms with van der Waals surface area (Å²) in [5.74, 6) is 0.399. The summed E-state index contributed by atoms with van der Waals surface area (Å²) in [6.45, 7) is 0. The Morgan fingerprint density at radius 1 is 1.44 bits per heavy atom. The number of halogens is 2. The monoisotopic (exact) mass is 376 g/mol. The Labute approximate surface area is 122 Å². The molecule has 7 heteroatoms. The molecule has 1 aliphatic rings. The van der Waals surface area contributed by atoms with Crippen molar-refractivity contribution in [1.29, 1.82) is 0 Å². The molecule has 0 spiro atoms. The van der Waals surface area contributed by atoms with Gasteiger partial charge in [0, 0.05) is 12.0 Å². The first-order valence-electron chi connectivity index (χ1n) is 5.80. The quantitative estimate of drug-likeness (QED) is 0.829. The van der Waals surface area contributed by atoms with Gasteiger partial charge in [-0.2, -0.15) is 0 Å². The lowest BCUT2D eigenvalue weighted by Gasteiger charge is -2.25. The van der Waals surface area contributed by atoms with Crippen molar-refractivity contribution in [2.75, 3.05) is 5.32 Å². The minimum atomic E-state index is -0.0255. The number of nitrogens with two attached hydrogens (primary N) is 1. The van der Waals surface area contributed by atoms with Gasteiger partial charge < -0.3 is 11.1 Å². The summed E-state index contributed by atoms with van der Waals surface area (Å²) in [5, 5.41) is 2.79. The van der Waals surface area contributed by atoms with E-state index in [0.717, 1.165) is 25.7 Å². The van der Waals surface area contributed by atoms with Crippen molar-refractivity contribution in [2.45, 2.75) is 31.7 Å². The van der Waals surface area contributed by atoms with Gasteiger partial charge in [-0.1, -0.05) is 6.42 Å². The zero-order chi connectivity index (χ0) is 13.1. The molecule has 1 aliphatic carbocycles. The van der Waals surface area contributed by atoms with E-state index in [2.05, 4.69) is 47.1 Å². The summed E-state index contributed by atoms with van der Waals surface area (Å²) in [7, 11) is 0. The van der Waals surface area contributed by atoms with E-state index in [1.807, 2.05) is 0 Å². The van der Waals surface area contributed by atoms with Gasteiger partial charge in [-0.05, 0) is 51.1 Å². The Morgan fingerprint density at radius 3 is 2.89 bits per heavy atom. The summed E-state index contributed by atoms with van der Waals surface area (Å²) in [5.41, 5.74) is 5.88. The van der Waals surface area contributed by atoms with Crippen molar-refractivity contribution in [1.82, 2.24) is 9.97 Å².